The van der Waals surface area contributed by atoms with E-state index in [4.69, 9.17) is 23.8 Å². The summed E-state index contributed by atoms with van der Waals surface area (Å²) in [6.07, 6.45) is 4.71. The van der Waals surface area contributed by atoms with Gasteiger partial charge in [-0.2, -0.15) is 0 Å². The van der Waals surface area contributed by atoms with Gasteiger partial charge in [0.25, 0.3) is 0 Å². The van der Waals surface area contributed by atoms with Gasteiger partial charge >= 0.3 is 23.3 Å². The summed E-state index contributed by atoms with van der Waals surface area (Å²) >= 11 is 0. The Morgan fingerprint density at radius 3 is 1.13 bits per heavy atom. The SMILES string of the molecule is CCO[n+]1ccccc1C(=O)Oc1cc2cccccc-2c1.CCO[n+]1ccccc1C(=O)Oc1cc2cccccc-2c1.[O-]B([O-])OCCCC(c1ccccc1)(c1ccccc1)c1ccccc1. The molecule has 4 aliphatic rings. The van der Waals surface area contributed by atoms with E-state index in [1.165, 1.54) is 26.2 Å². The smallest absolute Gasteiger partial charge is 0.414 e. The van der Waals surface area contributed by atoms with Crippen molar-refractivity contribution in [1.29, 1.82) is 0 Å². The lowest BCUT2D eigenvalue weighted by atomic mass is 9.67. The lowest BCUT2D eigenvalue weighted by molar-refractivity contribution is -0.892. The zero-order valence-electron chi connectivity index (χ0n) is 39.0. The minimum atomic E-state index is -2.23. The molecule has 11 nitrogen and oxygen atoms in total. The third kappa shape index (κ3) is 13.1. The molecule has 12 heteroatoms. The molecule has 0 aliphatic heterocycles. The molecule has 9 rings (SSSR count). The van der Waals surface area contributed by atoms with Crippen molar-refractivity contribution in [3.8, 4) is 33.8 Å². The molecule has 0 fully saturated rings. The Hall–Kier alpha value is -8.16. The summed E-state index contributed by atoms with van der Waals surface area (Å²) in [7, 11) is -2.23. The summed E-state index contributed by atoms with van der Waals surface area (Å²) < 4.78 is 18.5. The number of fused-ring (bicyclic) bond motifs is 2. The second kappa shape index (κ2) is 25.3. The lowest BCUT2D eigenvalue weighted by Crippen LogP contribution is -2.48. The van der Waals surface area contributed by atoms with Crippen LogP contribution in [0.15, 0.2) is 225 Å². The van der Waals surface area contributed by atoms with Gasteiger partial charge in [0.1, 0.15) is 11.5 Å². The van der Waals surface area contributed by atoms with Crippen LogP contribution in [0.5, 0.6) is 11.5 Å². The number of aromatic nitrogens is 2. The fourth-order valence-electron chi connectivity index (χ4n) is 8.10. The minimum Gasteiger partial charge on any atom is -0.871 e. The number of esters is 2. The van der Waals surface area contributed by atoms with Crippen LogP contribution < -0.4 is 38.7 Å². The van der Waals surface area contributed by atoms with Gasteiger partial charge in [-0.25, -0.2) is 9.59 Å². The Morgan fingerprint density at radius 2 is 0.800 bits per heavy atom. The highest BCUT2D eigenvalue weighted by Gasteiger charge is 2.35. The van der Waals surface area contributed by atoms with Gasteiger partial charge in [0.05, 0.1) is 7.32 Å². The number of hydrogen-bond acceptors (Lipinski definition) is 9. The highest BCUT2D eigenvalue weighted by Crippen LogP contribution is 2.43. The molecule has 70 heavy (non-hydrogen) atoms. The first kappa shape index (κ1) is 49.7. The predicted octanol–water partition coefficient (Wildman–Crippen LogP) is 8.02. The van der Waals surface area contributed by atoms with Crippen molar-refractivity contribution in [3.63, 3.8) is 0 Å². The molecule has 0 spiro atoms. The van der Waals surface area contributed by atoms with Gasteiger partial charge in [-0.3, -0.25) is 9.68 Å². The van der Waals surface area contributed by atoms with Crippen LogP contribution in [-0.4, -0.2) is 39.1 Å². The molecule has 0 radical (unpaired) electrons. The quantitative estimate of drug-likeness (QED) is 0.0311. The van der Waals surface area contributed by atoms with Gasteiger partial charge in [0.2, 0.25) is 12.4 Å². The van der Waals surface area contributed by atoms with E-state index in [-0.39, 0.29) is 12.0 Å². The van der Waals surface area contributed by atoms with Crippen molar-refractivity contribution in [3.05, 3.63) is 253 Å². The van der Waals surface area contributed by atoms with Crippen LogP contribution in [0.2, 0.25) is 0 Å². The normalized spacial score (nSPS) is 10.7. The molecule has 352 valence electrons. The van der Waals surface area contributed by atoms with Crippen LogP contribution in [0, 0.1) is 0 Å². The van der Waals surface area contributed by atoms with E-state index in [1.54, 1.807) is 48.8 Å². The number of nitrogens with zero attached hydrogens (tertiary/aromatic N) is 2. The van der Waals surface area contributed by atoms with Crippen LogP contribution in [0.3, 0.4) is 0 Å². The first-order chi connectivity index (χ1) is 34.3. The molecule has 4 aliphatic carbocycles. The van der Waals surface area contributed by atoms with Gasteiger partial charge < -0.3 is 24.2 Å². The van der Waals surface area contributed by atoms with E-state index in [2.05, 4.69) is 36.4 Å². The molecule has 0 saturated carbocycles. The zero-order chi connectivity index (χ0) is 49.0. The lowest BCUT2D eigenvalue weighted by Gasteiger charge is -2.37. The van der Waals surface area contributed by atoms with E-state index in [0.717, 1.165) is 28.7 Å². The second-order valence-corrected chi connectivity index (χ2v) is 15.7. The molecule has 0 bridgehead atoms. The highest BCUT2D eigenvalue weighted by molar-refractivity contribution is 6.28. The van der Waals surface area contributed by atoms with Crippen molar-refractivity contribution < 1.29 is 52.9 Å². The van der Waals surface area contributed by atoms with Gasteiger partial charge in [0.15, 0.2) is 13.2 Å². The van der Waals surface area contributed by atoms with Crippen LogP contribution in [0.4, 0.5) is 0 Å². The van der Waals surface area contributed by atoms with Crippen molar-refractivity contribution >= 4 is 19.3 Å². The standard InChI is InChI=1S/C22H21BO3.2C18H16NO3/c24-23(25)26-18-10-17-22(19-11-4-1-5-12-19,20-13-6-2-7-14-20)21-15-8-3-9-16-21;2*1-2-21-19-11-7-6-10-17(19)18(20)22-16-12-14-8-4-3-5-9-15(14)13-16/h1-9,11-16H,10,17-18H2;2*3-13H,2H2,1H3/q-2;2*+1. The summed E-state index contributed by atoms with van der Waals surface area (Å²) in [4.78, 5) is 35.4. The van der Waals surface area contributed by atoms with Crippen molar-refractivity contribution in [2.45, 2.75) is 32.1 Å². The number of rotatable bonds is 16. The molecular formula is C58H53BN2O9. The Kier molecular flexibility index (Phi) is 18.0. The highest BCUT2D eigenvalue weighted by atomic mass is 16.7. The number of ether oxygens (including phenoxy) is 2. The maximum absolute atomic E-state index is 12.3. The fourth-order valence-corrected chi connectivity index (χ4v) is 8.10. The van der Waals surface area contributed by atoms with Crippen molar-refractivity contribution in [2.24, 2.45) is 0 Å². The van der Waals surface area contributed by atoms with E-state index < -0.39 is 19.3 Å². The Bertz CT molecular complexity index is 2670. The maximum atomic E-state index is 12.3. The fraction of sp³-hybridized carbons (Fsp3) is 0.138. The van der Waals surface area contributed by atoms with E-state index in [0.29, 0.717) is 42.5 Å². The molecule has 0 saturated heterocycles. The second-order valence-electron chi connectivity index (χ2n) is 15.7. The Morgan fingerprint density at radius 1 is 0.471 bits per heavy atom. The van der Waals surface area contributed by atoms with E-state index in [1.807, 2.05) is 153 Å². The monoisotopic (exact) mass is 932 g/mol. The third-order valence-corrected chi connectivity index (χ3v) is 11.2. The predicted molar refractivity (Wildman–Crippen MR) is 264 cm³/mol. The molecule has 2 aromatic heterocycles. The molecule has 0 N–H and O–H groups in total. The van der Waals surface area contributed by atoms with Gasteiger partial charge in [-0.1, -0.05) is 152 Å². The molecule has 3 aromatic carbocycles. The maximum Gasteiger partial charge on any atom is 0.414 e. The summed E-state index contributed by atoms with van der Waals surface area (Å²) in [5, 5.41) is 21.4. The van der Waals surface area contributed by atoms with Gasteiger partial charge in [-0.15, -0.1) is 0 Å². The van der Waals surface area contributed by atoms with Crippen molar-refractivity contribution in [2.75, 3.05) is 19.8 Å². The average Bonchev–Trinajstić information content (AvgIpc) is 3.78. The Labute approximate surface area is 409 Å². The average molecular weight is 933 g/mol. The number of pyridine rings is 2. The van der Waals surface area contributed by atoms with Crippen LogP contribution in [-0.2, 0) is 10.1 Å². The molecular weight excluding hydrogens is 879 g/mol. The first-order valence-electron chi connectivity index (χ1n) is 23.1. The Balaban J connectivity index is 0.000000155. The largest absolute Gasteiger partial charge is 0.871 e. The number of carbonyl (C=O) groups excluding carboxylic acids is 2. The minimum absolute atomic E-state index is 0.159. The van der Waals surface area contributed by atoms with Crippen molar-refractivity contribution in [1.82, 2.24) is 0 Å². The van der Waals surface area contributed by atoms with E-state index >= 15 is 0 Å². The number of benzene rings is 3. The first-order valence-corrected chi connectivity index (χ1v) is 23.1. The zero-order valence-corrected chi connectivity index (χ0v) is 39.0. The molecule has 5 aromatic rings. The third-order valence-electron chi connectivity index (χ3n) is 11.2. The number of hydrogen-bond donors (Lipinski definition) is 0. The van der Waals surface area contributed by atoms with Gasteiger partial charge in [-0.05, 0) is 102 Å². The van der Waals surface area contributed by atoms with Crippen LogP contribution in [0.25, 0.3) is 22.3 Å². The summed E-state index contributed by atoms with van der Waals surface area (Å²) in [5.41, 5.74) is 7.97. The molecule has 2 heterocycles. The molecule has 0 unspecified atom stereocenters. The van der Waals surface area contributed by atoms with Gasteiger partial charge in [0, 0.05) is 45.7 Å². The summed E-state index contributed by atoms with van der Waals surface area (Å²) in [5.74, 6) is 0.152. The number of carbonyl (C=O) groups is 2. The summed E-state index contributed by atoms with van der Waals surface area (Å²) in [6.45, 7) is 4.81. The van der Waals surface area contributed by atoms with Crippen LogP contribution >= 0.6 is 0 Å². The van der Waals surface area contributed by atoms with E-state index in [9.17, 15) is 19.6 Å². The van der Waals surface area contributed by atoms with Crippen LogP contribution in [0.1, 0.15) is 64.4 Å². The summed E-state index contributed by atoms with van der Waals surface area (Å²) in [6, 6.07) is 68.6. The topological polar surface area (TPSA) is 134 Å². The molecule has 0 atom stereocenters. The molecule has 0 amide bonds.